The Balaban J connectivity index is 2.14. The van der Waals surface area contributed by atoms with Crippen molar-refractivity contribution < 1.29 is 4.79 Å². The Hall–Kier alpha value is -1.06. The average molecular weight is 295 g/mol. The fourth-order valence-corrected chi connectivity index (χ4v) is 3.22. The molecule has 2 atom stereocenters. The van der Waals surface area contributed by atoms with E-state index < -0.39 is 0 Å². The summed E-state index contributed by atoms with van der Waals surface area (Å²) in [6, 6.07) is 7.88. The van der Waals surface area contributed by atoms with E-state index in [2.05, 4.69) is 19.0 Å². The molecule has 1 aliphatic rings. The molecule has 0 radical (unpaired) electrons. The number of benzene rings is 1. The molecule has 0 spiro atoms. The quantitative estimate of drug-likeness (QED) is 0.854. The molecule has 0 bridgehead atoms. The van der Waals surface area contributed by atoms with Gasteiger partial charge in [-0.25, -0.2) is 0 Å². The van der Waals surface area contributed by atoms with E-state index in [9.17, 15) is 4.79 Å². The lowest BCUT2D eigenvalue weighted by molar-refractivity contribution is 0.0544. The van der Waals surface area contributed by atoms with Crippen LogP contribution in [-0.2, 0) is 0 Å². The standard InChI is InChI=1S/C16H23ClN2O/c1-18(2)14-6-4-5-7-15(14)19(3)16(20)12-8-10-13(17)11-9-12/h8-11,14-15H,4-7H2,1-3H3/t14-,15-/m1/s1. The van der Waals surface area contributed by atoms with Crippen LogP contribution in [0.2, 0.25) is 5.02 Å². The highest BCUT2D eigenvalue weighted by molar-refractivity contribution is 6.30. The minimum Gasteiger partial charge on any atom is -0.337 e. The van der Waals surface area contributed by atoms with Gasteiger partial charge in [0.2, 0.25) is 0 Å². The number of hydrogen-bond acceptors (Lipinski definition) is 2. The summed E-state index contributed by atoms with van der Waals surface area (Å²) in [5.41, 5.74) is 0.708. The third kappa shape index (κ3) is 3.33. The van der Waals surface area contributed by atoms with E-state index in [1.165, 1.54) is 12.8 Å². The predicted octanol–water partition coefficient (Wildman–Crippen LogP) is 3.28. The Bertz CT molecular complexity index is 458. The van der Waals surface area contributed by atoms with Crippen molar-refractivity contribution in [3.05, 3.63) is 34.9 Å². The third-order valence-electron chi connectivity index (χ3n) is 4.27. The molecule has 110 valence electrons. The van der Waals surface area contributed by atoms with Crippen LogP contribution in [0.15, 0.2) is 24.3 Å². The van der Waals surface area contributed by atoms with Crippen LogP contribution in [0.1, 0.15) is 36.0 Å². The van der Waals surface area contributed by atoms with Crippen LogP contribution < -0.4 is 0 Å². The van der Waals surface area contributed by atoms with Gasteiger partial charge in [0, 0.05) is 29.7 Å². The molecule has 1 amide bonds. The van der Waals surface area contributed by atoms with Crippen molar-refractivity contribution in [1.82, 2.24) is 9.80 Å². The van der Waals surface area contributed by atoms with E-state index >= 15 is 0 Å². The molecule has 0 aromatic heterocycles. The molecule has 0 aliphatic heterocycles. The summed E-state index contributed by atoms with van der Waals surface area (Å²) in [6.07, 6.45) is 4.70. The molecule has 1 aromatic rings. The van der Waals surface area contributed by atoms with Crippen LogP contribution in [0.25, 0.3) is 0 Å². The molecule has 0 unspecified atom stereocenters. The Morgan fingerprint density at radius 2 is 1.60 bits per heavy atom. The first-order chi connectivity index (χ1) is 9.50. The molecule has 0 N–H and O–H groups in total. The van der Waals surface area contributed by atoms with E-state index in [-0.39, 0.29) is 5.91 Å². The number of carbonyl (C=O) groups excluding carboxylic acids is 1. The molecular weight excluding hydrogens is 272 g/mol. The Labute approximate surface area is 126 Å². The van der Waals surface area contributed by atoms with Crippen molar-refractivity contribution in [1.29, 1.82) is 0 Å². The van der Waals surface area contributed by atoms with Gasteiger partial charge in [0.25, 0.3) is 5.91 Å². The van der Waals surface area contributed by atoms with Crippen LogP contribution in [0.3, 0.4) is 0 Å². The van der Waals surface area contributed by atoms with Gasteiger partial charge in [-0.2, -0.15) is 0 Å². The first-order valence-corrected chi connectivity index (χ1v) is 7.57. The molecule has 1 aliphatic carbocycles. The molecule has 4 heteroatoms. The molecule has 1 fully saturated rings. The van der Waals surface area contributed by atoms with Crippen LogP contribution in [-0.4, -0.2) is 48.9 Å². The van der Waals surface area contributed by atoms with Crippen molar-refractivity contribution in [2.24, 2.45) is 0 Å². The number of carbonyl (C=O) groups is 1. The topological polar surface area (TPSA) is 23.6 Å². The van der Waals surface area contributed by atoms with Crippen molar-refractivity contribution in [3.8, 4) is 0 Å². The fourth-order valence-electron chi connectivity index (χ4n) is 3.09. The molecule has 0 heterocycles. The highest BCUT2D eigenvalue weighted by atomic mass is 35.5. The maximum absolute atomic E-state index is 12.6. The second kappa shape index (κ2) is 6.59. The van der Waals surface area contributed by atoms with Gasteiger partial charge in [0.15, 0.2) is 0 Å². The van der Waals surface area contributed by atoms with Crippen molar-refractivity contribution >= 4 is 17.5 Å². The van der Waals surface area contributed by atoms with Crippen molar-refractivity contribution in [3.63, 3.8) is 0 Å². The number of likely N-dealkylation sites (N-methyl/N-ethyl adjacent to an activating group) is 2. The molecule has 3 nitrogen and oxygen atoms in total. The largest absolute Gasteiger partial charge is 0.337 e. The monoisotopic (exact) mass is 294 g/mol. The SMILES string of the molecule is CN(C)[C@@H]1CCCC[C@H]1N(C)C(=O)c1ccc(Cl)cc1. The summed E-state index contributed by atoms with van der Waals surface area (Å²) in [5.74, 6) is 0.0837. The molecular formula is C16H23ClN2O. The van der Waals surface area contributed by atoms with Crippen molar-refractivity contribution in [2.45, 2.75) is 37.8 Å². The molecule has 1 aromatic carbocycles. The lowest BCUT2D eigenvalue weighted by Crippen LogP contribution is -2.51. The van der Waals surface area contributed by atoms with Crippen molar-refractivity contribution in [2.75, 3.05) is 21.1 Å². The summed E-state index contributed by atoms with van der Waals surface area (Å²) in [5, 5.41) is 0.660. The number of rotatable bonds is 3. The number of amides is 1. The van der Waals surface area contributed by atoms with Crippen LogP contribution in [0.5, 0.6) is 0 Å². The van der Waals surface area contributed by atoms with Gasteiger partial charge in [-0.1, -0.05) is 24.4 Å². The smallest absolute Gasteiger partial charge is 0.253 e. The first-order valence-electron chi connectivity index (χ1n) is 7.20. The normalized spacial score (nSPS) is 22.9. The van der Waals surface area contributed by atoms with Gasteiger partial charge >= 0.3 is 0 Å². The summed E-state index contributed by atoms with van der Waals surface area (Å²) in [7, 11) is 6.12. The summed E-state index contributed by atoms with van der Waals surface area (Å²) in [4.78, 5) is 16.7. The molecule has 20 heavy (non-hydrogen) atoms. The van der Waals surface area contributed by atoms with Crippen LogP contribution in [0, 0.1) is 0 Å². The minimum atomic E-state index is 0.0837. The van der Waals surface area contributed by atoms with Gasteiger partial charge in [0.1, 0.15) is 0 Å². The zero-order valence-corrected chi connectivity index (χ0v) is 13.2. The van der Waals surface area contributed by atoms with Crippen LogP contribution >= 0.6 is 11.6 Å². The molecule has 0 saturated heterocycles. The number of nitrogens with zero attached hydrogens (tertiary/aromatic N) is 2. The van der Waals surface area contributed by atoms with Gasteiger partial charge in [-0.3, -0.25) is 4.79 Å². The summed E-state index contributed by atoms with van der Waals surface area (Å²) in [6.45, 7) is 0. The van der Waals surface area contributed by atoms with Gasteiger partial charge in [0.05, 0.1) is 0 Å². The minimum absolute atomic E-state index is 0.0837. The van der Waals surface area contributed by atoms with E-state index in [0.717, 1.165) is 12.8 Å². The van der Waals surface area contributed by atoms with E-state index in [4.69, 9.17) is 11.6 Å². The number of halogens is 1. The van der Waals surface area contributed by atoms with E-state index in [1.807, 2.05) is 11.9 Å². The van der Waals surface area contributed by atoms with Crippen LogP contribution in [0.4, 0.5) is 0 Å². The average Bonchev–Trinajstić information content (AvgIpc) is 2.46. The fraction of sp³-hybridized carbons (Fsp3) is 0.562. The van der Waals surface area contributed by atoms with E-state index in [1.54, 1.807) is 24.3 Å². The zero-order valence-electron chi connectivity index (χ0n) is 12.5. The zero-order chi connectivity index (χ0) is 14.7. The highest BCUT2D eigenvalue weighted by Gasteiger charge is 2.32. The Morgan fingerprint density at radius 1 is 1.05 bits per heavy atom. The third-order valence-corrected chi connectivity index (χ3v) is 4.52. The second-order valence-corrected chi connectivity index (χ2v) is 6.24. The summed E-state index contributed by atoms with van der Waals surface area (Å²) < 4.78 is 0. The molecule has 2 rings (SSSR count). The highest BCUT2D eigenvalue weighted by Crippen LogP contribution is 2.26. The van der Waals surface area contributed by atoms with Gasteiger partial charge < -0.3 is 9.80 Å². The predicted molar refractivity (Wildman–Crippen MR) is 83.3 cm³/mol. The molecule has 1 saturated carbocycles. The maximum atomic E-state index is 12.6. The van der Waals surface area contributed by atoms with Gasteiger partial charge in [-0.15, -0.1) is 0 Å². The lowest BCUT2D eigenvalue weighted by Gasteiger charge is -2.41. The van der Waals surface area contributed by atoms with Gasteiger partial charge in [-0.05, 0) is 51.2 Å². The number of hydrogen-bond donors (Lipinski definition) is 0. The Morgan fingerprint density at radius 3 is 2.15 bits per heavy atom. The Kier molecular flexibility index (Phi) is 5.06. The maximum Gasteiger partial charge on any atom is 0.253 e. The summed E-state index contributed by atoms with van der Waals surface area (Å²) >= 11 is 5.88. The first kappa shape index (κ1) is 15.3. The second-order valence-electron chi connectivity index (χ2n) is 5.81. The lowest BCUT2D eigenvalue weighted by atomic mass is 9.88. The van der Waals surface area contributed by atoms with E-state index in [0.29, 0.717) is 22.7 Å².